The van der Waals surface area contributed by atoms with Crippen LogP contribution >= 0.6 is 27.5 Å². The summed E-state index contributed by atoms with van der Waals surface area (Å²) >= 11 is 9.34. The predicted molar refractivity (Wildman–Crippen MR) is 62.5 cm³/mol. The molecule has 2 unspecified atom stereocenters. The smallest absolute Gasteiger partial charge is 0.319 e. The minimum atomic E-state index is -1.09. The van der Waals surface area contributed by atoms with E-state index in [4.69, 9.17) is 16.7 Å². The van der Waals surface area contributed by atoms with Gasteiger partial charge in [-0.3, -0.25) is 9.79 Å². The second-order valence-corrected chi connectivity index (χ2v) is 4.79. The molecule has 15 heavy (non-hydrogen) atoms. The van der Waals surface area contributed by atoms with Gasteiger partial charge in [-0.15, -0.1) is 11.6 Å². The van der Waals surface area contributed by atoms with E-state index in [0.717, 1.165) is 11.3 Å². The number of alkyl halides is 2. The van der Waals surface area contributed by atoms with E-state index in [1.165, 1.54) is 6.21 Å². The first-order chi connectivity index (χ1) is 7.05. The van der Waals surface area contributed by atoms with Crippen LogP contribution in [-0.4, -0.2) is 22.1 Å². The Bertz CT molecular complexity index is 449. The molecule has 0 saturated carbocycles. The number of benzene rings is 1. The Morgan fingerprint density at radius 2 is 2.20 bits per heavy atom. The third-order valence-electron chi connectivity index (χ3n) is 2.29. The van der Waals surface area contributed by atoms with Gasteiger partial charge in [0.2, 0.25) is 0 Å². The van der Waals surface area contributed by atoms with Gasteiger partial charge in [0.05, 0.1) is 5.69 Å². The van der Waals surface area contributed by atoms with Crippen LogP contribution in [0.1, 0.15) is 5.56 Å². The van der Waals surface area contributed by atoms with Crippen LogP contribution < -0.4 is 0 Å². The van der Waals surface area contributed by atoms with Crippen LogP contribution in [0.4, 0.5) is 5.69 Å². The van der Waals surface area contributed by atoms with Crippen molar-refractivity contribution in [3.05, 3.63) is 29.8 Å². The van der Waals surface area contributed by atoms with Gasteiger partial charge in [0.15, 0.2) is 0 Å². The molecule has 0 saturated heterocycles. The summed E-state index contributed by atoms with van der Waals surface area (Å²) in [5, 5.41) is 8.94. The Hall–Kier alpha value is -0.870. The van der Waals surface area contributed by atoms with Gasteiger partial charge in [0.25, 0.3) is 0 Å². The van der Waals surface area contributed by atoms with Crippen LogP contribution in [0.15, 0.2) is 29.3 Å². The van der Waals surface area contributed by atoms with Crippen LogP contribution in [0.3, 0.4) is 0 Å². The zero-order chi connectivity index (χ0) is 11.1. The molecule has 0 aromatic heterocycles. The summed E-state index contributed by atoms with van der Waals surface area (Å²) in [5.41, 5.74) is 1.44. The highest BCUT2D eigenvalue weighted by Crippen LogP contribution is 2.44. The van der Waals surface area contributed by atoms with Gasteiger partial charge in [-0.25, -0.2) is 0 Å². The molecule has 0 fully saturated rings. The first-order valence-corrected chi connectivity index (χ1v) is 5.55. The van der Waals surface area contributed by atoms with E-state index >= 15 is 0 Å². The number of fused-ring (bicyclic) bond motifs is 1. The van der Waals surface area contributed by atoms with Crippen molar-refractivity contribution in [3.63, 3.8) is 0 Å². The quantitative estimate of drug-likeness (QED) is 0.851. The molecule has 1 aromatic carbocycles. The fourth-order valence-electron chi connectivity index (χ4n) is 1.52. The number of aliphatic carboxylic acids is 1. The number of aliphatic imine (C=N–C) groups is 1. The maximum Gasteiger partial charge on any atom is 0.319 e. The minimum Gasteiger partial charge on any atom is -0.480 e. The number of carbonyl (C=O) groups is 1. The number of nitrogens with zero attached hydrogens (tertiary/aromatic N) is 1. The molecule has 1 aliphatic rings. The van der Waals surface area contributed by atoms with Gasteiger partial charge in [-0.2, -0.15) is 0 Å². The van der Waals surface area contributed by atoms with E-state index in [-0.39, 0.29) is 0 Å². The standard InChI is InChI=1S/C10H7BrClNO2/c11-8(9(14)15)10(12)5-13-7-4-2-1-3-6(7)10/h1-5,8H,(H,14,15). The van der Waals surface area contributed by atoms with Crippen molar-refractivity contribution >= 4 is 45.4 Å². The first kappa shape index (κ1) is 10.6. The highest BCUT2D eigenvalue weighted by molar-refractivity contribution is 9.10. The molecular weight excluding hydrogens is 281 g/mol. The number of halogens is 2. The molecule has 78 valence electrons. The molecule has 0 spiro atoms. The average Bonchev–Trinajstić information content (AvgIpc) is 2.57. The predicted octanol–water partition coefficient (Wildman–Crippen LogP) is 2.68. The van der Waals surface area contributed by atoms with E-state index in [1.54, 1.807) is 12.1 Å². The molecule has 0 radical (unpaired) electrons. The van der Waals surface area contributed by atoms with E-state index in [9.17, 15) is 4.79 Å². The normalized spacial score (nSPS) is 24.9. The van der Waals surface area contributed by atoms with Crippen molar-refractivity contribution in [1.29, 1.82) is 0 Å². The van der Waals surface area contributed by atoms with Crippen LogP contribution in [0.25, 0.3) is 0 Å². The summed E-state index contributed by atoms with van der Waals surface area (Å²) in [6.07, 6.45) is 1.47. The number of rotatable bonds is 2. The van der Waals surface area contributed by atoms with Crippen molar-refractivity contribution in [2.24, 2.45) is 4.99 Å². The molecule has 5 heteroatoms. The Morgan fingerprint density at radius 3 is 2.87 bits per heavy atom. The average molecular weight is 289 g/mol. The lowest BCUT2D eigenvalue weighted by atomic mass is 9.97. The van der Waals surface area contributed by atoms with Crippen molar-refractivity contribution in [2.75, 3.05) is 0 Å². The molecule has 3 nitrogen and oxygen atoms in total. The fraction of sp³-hybridized carbons (Fsp3) is 0.200. The van der Waals surface area contributed by atoms with Gasteiger partial charge < -0.3 is 5.11 Å². The second kappa shape index (κ2) is 3.61. The van der Waals surface area contributed by atoms with Gasteiger partial charge in [0.1, 0.15) is 9.70 Å². The van der Waals surface area contributed by atoms with Crippen molar-refractivity contribution in [3.8, 4) is 0 Å². The Kier molecular flexibility index (Phi) is 2.56. The number of para-hydroxylation sites is 1. The first-order valence-electron chi connectivity index (χ1n) is 4.26. The molecular formula is C10H7BrClNO2. The molecule has 1 aromatic rings. The molecule has 1 N–H and O–H groups in total. The molecule has 0 bridgehead atoms. The van der Waals surface area contributed by atoms with Crippen LogP contribution in [0.2, 0.25) is 0 Å². The lowest BCUT2D eigenvalue weighted by Crippen LogP contribution is -2.35. The maximum absolute atomic E-state index is 10.9. The highest BCUT2D eigenvalue weighted by Gasteiger charge is 2.44. The van der Waals surface area contributed by atoms with Crippen molar-refractivity contribution in [2.45, 2.75) is 9.70 Å². The fourth-order valence-corrected chi connectivity index (χ4v) is 2.19. The third kappa shape index (κ3) is 1.58. The lowest BCUT2D eigenvalue weighted by molar-refractivity contribution is -0.136. The van der Waals surface area contributed by atoms with E-state index < -0.39 is 15.7 Å². The lowest BCUT2D eigenvalue weighted by Gasteiger charge is -2.22. The summed E-state index contributed by atoms with van der Waals surface area (Å²) in [4.78, 5) is 13.0. The molecule has 0 amide bonds. The Balaban J connectivity index is 2.49. The zero-order valence-corrected chi connectivity index (χ0v) is 9.86. The summed E-state index contributed by atoms with van der Waals surface area (Å²) in [5.74, 6) is -1.01. The topological polar surface area (TPSA) is 49.7 Å². The van der Waals surface area contributed by atoms with E-state index in [2.05, 4.69) is 20.9 Å². The minimum absolute atomic E-state index is 0.718. The van der Waals surface area contributed by atoms with Gasteiger partial charge in [-0.1, -0.05) is 34.1 Å². The van der Waals surface area contributed by atoms with Crippen molar-refractivity contribution < 1.29 is 9.90 Å². The van der Waals surface area contributed by atoms with Gasteiger partial charge >= 0.3 is 5.97 Å². The zero-order valence-electron chi connectivity index (χ0n) is 7.52. The summed E-state index contributed by atoms with van der Waals surface area (Å²) < 4.78 is 0. The van der Waals surface area contributed by atoms with Crippen molar-refractivity contribution in [1.82, 2.24) is 0 Å². The second-order valence-electron chi connectivity index (χ2n) is 3.24. The monoisotopic (exact) mass is 287 g/mol. The van der Waals surface area contributed by atoms with Gasteiger partial charge in [-0.05, 0) is 6.07 Å². The van der Waals surface area contributed by atoms with Crippen LogP contribution in [0, 0.1) is 0 Å². The maximum atomic E-state index is 10.9. The summed E-state index contributed by atoms with van der Waals surface area (Å²) in [6, 6.07) is 7.24. The number of hydrogen-bond acceptors (Lipinski definition) is 2. The molecule has 2 atom stereocenters. The molecule has 2 rings (SSSR count). The van der Waals surface area contributed by atoms with Crippen LogP contribution in [0.5, 0.6) is 0 Å². The third-order valence-corrected chi connectivity index (χ3v) is 4.19. The number of hydrogen-bond donors (Lipinski definition) is 1. The molecule has 0 aliphatic carbocycles. The number of carboxylic acid groups (broad SMARTS) is 1. The summed E-state index contributed by atoms with van der Waals surface area (Å²) in [6.45, 7) is 0. The van der Waals surface area contributed by atoms with Crippen LogP contribution in [-0.2, 0) is 9.67 Å². The van der Waals surface area contributed by atoms with E-state index in [1.807, 2.05) is 12.1 Å². The Morgan fingerprint density at radius 1 is 1.53 bits per heavy atom. The SMILES string of the molecule is O=C(O)C(Br)C1(Cl)C=Nc2ccccc21. The molecule has 1 heterocycles. The summed E-state index contributed by atoms with van der Waals surface area (Å²) in [7, 11) is 0. The molecule has 1 aliphatic heterocycles. The van der Waals surface area contributed by atoms with Gasteiger partial charge in [0, 0.05) is 11.8 Å². The highest BCUT2D eigenvalue weighted by atomic mass is 79.9. The van der Waals surface area contributed by atoms with E-state index in [0.29, 0.717) is 0 Å². The number of carboxylic acids is 1. The largest absolute Gasteiger partial charge is 0.480 e. The Labute approximate surface area is 99.9 Å².